The molecule has 1 N–H and O–H groups in total. The molecule has 0 aromatic rings. The Morgan fingerprint density at radius 2 is 1.12 bits per heavy atom. The Bertz CT molecular complexity index is 776. The van der Waals surface area contributed by atoms with Crippen LogP contribution in [0.3, 0.4) is 0 Å². The monoisotopic (exact) mass is 710 g/mol. The third-order valence-corrected chi connectivity index (χ3v) is 10.5. The summed E-state index contributed by atoms with van der Waals surface area (Å²) in [5.74, 6) is 0.795. The third kappa shape index (κ3) is 29.4. The number of hydrogen-bond donors (Lipinski definition) is 1. The molecule has 0 heterocycles. The Morgan fingerprint density at radius 3 is 1.76 bits per heavy atom. The van der Waals surface area contributed by atoms with Crippen LogP contribution in [0.2, 0.25) is 0 Å². The van der Waals surface area contributed by atoms with Crippen molar-refractivity contribution in [3.8, 4) is 0 Å². The van der Waals surface area contributed by atoms with Crippen molar-refractivity contribution in [2.75, 3.05) is 39.5 Å². The van der Waals surface area contributed by atoms with E-state index in [0.29, 0.717) is 19.6 Å². The van der Waals surface area contributed by atoms with E-state index in [2.05, 4.69) is 39.5 Å². The minimum atomic E-state index is -0.407. The van der Waals surface area contributed by atoms with Gasteiger partial charge in [-0.05, 0) is 83.2 Å². The van der Waals surface area contributed by atoms with Gasteiger partial charge in [-0.1, -0.05) is 150 Å². The van der Waals surface area contributed by atoms with Gasteiger partial charge in [-0.15, -0.1) is 0 Å². The van der Waals surface area contributed by atoms with Gasteiger partial charge in [0.25, 0.3) is 0 Å². The number of carbonyl (C=O) groups excluding carboxylic acids is 2. The Hall–Kier alpha value is -1.14. The van der Waals surface area contributed by atoms with Crippen LogP contribution in [0, 0.1) is 16.7 Å². The molecule has 0 atom stereocenters. The van der Waals surface area contributed by atoms with Gasteiger partial charge in [0.05, 0.1) is 18.6 Å². The second kappa shape index (κ2) is 32.5. The molecule has 0 saturated carbocycles. The van der Waals surface area contributed by atoms with Crippen LogP contribution in [0.1, 0.15) is 215 Å². The average molecular weight is 710 g/mol. The first-order valence-electron chi connectivity index (χ1n) is 21.7. The molecule has 0 unspecified atom stereocenters. The number of unbranched alkanes of at least 4 members (excludes halogenated alkanes) is 13. The van der Waals surface area contributed by atoms with Crippen LogP contribution < -0.4 is 0 Å². The molecule has 0 amide bonds. The number of esters is 2. The third-order valence-electron chi connectivity index (χ3n) is 10.5. The Labute approximate surface area is 312 Å². The number of carbonyl (C=O) groups is 2. The van der Waals surface area contributed by atoms with Crippen molar-refractivity contribution in [2.45, 2.75) is 215 Å². The Kier molecular flexibility index (Phi) is 31.8. The van der Waals surface area contributed by atoms with Gasteiger partial charge in [0.2, 0.25) is 0 Å². The molecule has 0 fully saturated rings. The van der Waals surface area contributed by atoms with Crippen LogP contribution in [-0.4, -0.2) is 61.4 Å². The van der Waals surface area contributed by atoms with Gasteiger partial charge < -0.3 is 19.5 Å². The molecule has 0 aromatic carbocycles. The highest BCUT2D eigenvalue weighted by atomic mass is 16.5. The maximum atomic E-state index is 12.6. The van der Waals surface area contributed by atoms with E-state index in [1.165, 1.54) is 83.5 Å². The largest absolute Gasteiger partial charge is 0.465 e. The van der Waals surface area contributed by atoms with Crippen LogP contribution in [0.15, 0.2) is 0 Å². The molecule has 0 spiro atoms. The fourth-order valence-corrected chi connectivity index (χ4v) is 7.07. The number of hydrogen-bond acceptors (Lipinski definition) is 6. The first kappa shape index (κ1) is 48.9. The molecule has 0 aliphatic rings. The van der Waals surface area contributed by atoms with Crippen molar-refractivity contribution in [1.82, 2.24) is 4.90 Å². The average Bonchev–Trinajstić information content (AvgIpc) is 3.08. The minimum absolute atomic E-state index is 0.0125. The van der Waals surface area contributed by atoms with Crippen LogP contribution in [0.5, 0.6) is 0 Å². The fourth-order valence-electron chi connectivity index (χ4n) is 7.07. The van der Waals surface area contributed by atoms with E-state index < -0.39 is 5.41 Å². The minimum Gasteiger partial charge on any atom is -0.465 e. The molecule has 0 radical (unpaired) electrons. The quantitative estimate of drug-likeness (QED) is 0.0511. The number of nitrogens with zero attached hydrogens (tertiary/aromatic N) is 1. The van der Waals surface area contributed by atoms with E-state index in [0.717, 1.165) is 103 Å². The van der Waals surface area contributed by atoms with E-state index >= 15 is 0 Å². The number of rotatable bonds is 37. The van der Waals surface area contributed by atoms with Gasteiger partial charge in [-0.2, -0.15) is 0 Å². The standard InChI is InChI=1S/C44H87NO5/c1-8-11-12-13-14-17-26-38-49-42(48)44(6,7)33-23-15-16-24-34-45(36-27-37-46)35-25-19-22-32-43(4,5)39-50-41(47)31-21-18-20-30-40(28-9-2)29-10-3/h40,46H,8-39H2,1-7H3. The maximum absolute atomic E-state index is 12.6. The number of ether oxygens (including phenoxy) is 2. The second-order valence-corrected chi connectivity index (χ2v) is 16.9. The van der Waals surface area contributed by atoms with E-state index in [4.69, 9.17) is 9.47 Å². The normalized spacial score (nSPS) is 12.3. The van der Waals surface area contributed by atoms with E-state index in [-0.39, 0.29) is 24.0 Å². The lowest BCUT2D eigenvalue weighted by molar-refractivity contribution is -0.154. The molecule has 298 valence electrons. The summed E-state index contributed by atoms with van der Waals surface area (Å²) in [6.07, 6.45) is 29.8. The smallest absolute Gasteiger partial charge is 0.311 e. The van der Waals surface area contributed by atoms with E-state index in [9.17, 15) is 14.7 Å². The lowest BCUT2D eigenvalue weighted by Gasteiger charge is -2.25. The molecule has 0 aliphatic carbocycles. The van der Waals surface area contributed by atoms with Crippen molar-refractivity contribution < 1.29 is 24.2 Å². The molecule has 0 rings (SSSR count). The topological polar surface area (TPSA) is 76.1 Å². The zero-order chi connectivity index (χ0) is 37.4. The van der Waals surface area contributed by atoms with Crippen LogP contribution >= 0.6 is 0 Å². The molecular formula is C44H87NO5. The summed E-state index contributed by atoms with van der Waals surface area (Å²) in [6.45, 7) is 19.7. The van der Waals surface area contributed by atoms with E-state index in [1.807, 2.05) is 13.8 Å². The SMILES string of the molecule is CCCCCCCCCOC(=O)C(C)(C)CCCCCCN(CCCO)CCCCCC(C)(C)COC(=O)CCCCCC(CCC)CCC. The van der Waals surface area contributed by atoms with Crippen LogP contribution in [-0.2, 0) is 19.1 Å². The second-order valence-electron chi connectivity index (χ2n) is 16.9. The van der Waals surface area contributed by atoms with Gasteiger partial charge in [0.1, 0.15) is 0 Å². The van der Waals surface area contributed by atoms with Crippen molar-refractivity contribution in [3.63, 3.8) is 0 Å². The van der Waals surface area contributed by atoms with Crippen molar-refractivity contribution in [1.29, 1.82) is 0 Å². The lowest BCUT2D eigenvalue weighted by atomic mass is 9.87. The van der Waals surface area contributed by atoms with Crippen molar-refractivity contribution in [2.24, 2.45) is 16.7 Å². The zero-order valence-electron chi connectivity index (χ0n) is 34.7. The molecule has 0 aromatic heterocycles. The highest BCUT2D eigenvalue weighted by molar-refractivity contribution is 5.75. The lowest BCUT2D eigenvalue weighted by Crippen LogP contribution is -2.28. The Balaban J connectivity index is 4.09. The predicted octanol–water partition coefficient (Wildman–Crippen LogP) is 12.2. The summed E-state index contributed by atoms with van der Waals surface area (Å²) < 4.78 is 11.3. The van der Waals surface area contributed by atoms with Crippen molar-refractivity contribution in [3.05, 3.63) is 0 Å². The zero-order valence-corrected chi connectivity index (χ0v) is 34.7. The summed E-state index contributed by atoms with van der Waals surface area (Å²) in [4.78, 5) is 27.5. The molecule has 0 bridgehead atoms. The highest BCUT2D eigenvalue weighted by Crippen LogP contribution is 2.27. The molecule has 50 heavy (non-hydrogen) atoms. The molecule has 6 nitrogen and oxygen atoms in total. The van der Waals surface area contributed by atoms with E-state index in [1.54, 1.807) is 0 Å². The molecular weight excluding hydrogens is 622 g/mol. The summed E-state index contributed by atoms with van der Waals surface area (Å²) in [6, 6.07) is 0. The first-order valence-corrected chi connectivity index (χ1v) is 21.7. The number of aliphatic hydroxyl groups excluding tert-OH is 1. The summed E-state index contributed by atoms with van der Waals surface area (Å²) in [5, 5.41) is 9.41. The van der Waals surface area contributed by atoms with Gasteiger partial charge >= 0.3 is 11.9 Å². The highest BCUT2D eigenvalue weighted by Gasteiger charge is 2.28. The van der Waals surface area contributed by atoms with Crippen molar-refractivity contribution >= 4 is 11.9 Å². The Morgan fingerprint density at radius 1 is 0.580 bits per heavy atom. The van der Waals surface area contributed by atoms with Gasteiger partial charge in [0.15, 0.2) is 0 Å². The van der Waals surface area contributed by atoms with Gasteiger partial charge in [0, 0.05) is 19.6 Å². The van der Waals surface area contributed by atoms with Crippen LogP contribution in [0.4, 0.5) is 0 Å². The number of aliphatic hydroxyl groups is 1. The van der Waals surface area contributed by atoms with Crippen LogP contribution in [0.25, 0.3) is 0 Å². The van der Waals surface area contributed by atoms with Gasteiger partial charge in [-0.3, -0.25) is 9.59 Å². The summed E-state index contributed by atoms with van der Waals surface area (Å²) in [5.41, 5.74) is -0.394. The predicted molar refractivity (Wildman–Crippen MR) is 214 cm³/mol. The maximum Gasteiger partial charge on any atom is 0.311 e. The fraction of sp³-hybridized carbons (Fsp3) is 0.955. The first-order chi connectivity index (χ1) is 24.0. The summed E-state index contributed by atoms with van der Waals surface area (Å²) in [7, 11) is 0. The van der Waals surface area contributed by atoms with Gasteiger partial charge in [-0.25, -0.2) is 0 Å². The molecule has 0 saturated heterocycles. The summed E-state index contributed by atoms with van der Waals surface area (Å²) >= 11 is 0. The molecule has 0 aliphatic heterocycles. The molecule has 6 heteroatoms.